The molecule has 1 aromatic heterocycles. The Bertz CT molecular complexity index is 1300. The topological polar surface area (TPSA) is 54.3 Å². The smallest absolute Gasteiger partial charge is 0.270 e. The van der Waals surface area contributed by atoms with Crippen LogP contribution in [0.4, 0.5) is 5.69 Å². The predicted octanol–water partition coefficient (Wildman–Crippen LogP) is 5.31. The maximum Gasteiger partial charge on any atom is 0.270 e. The van der Waals surface area contributed by atoms with Gasteiger partial charge in [-0.25, -0.2) is 0 Å². The molecule has 1 saturated heterocycles. The lowest BCUT2D eigenvalue weighted by atomic mass is 10.1. The van der Waals surface area contributed by atoms with Crippen LogP contribution in [0.2, 0.25) is 5.02 Å². The largest absolute Gasteiger partial charge is 0.332 e. The number of pyridine rings is 1. The molecule has 2 amide bonds. The Morgan fingerprint density at radius 1 is 0.969 bits per heavy atom. The molecule has 1 N–H and O–H groups in total. The van der Waals surface area contributed by atoms with Crippen LogP contribution >= 0.6 is 36.0 Å². The van der Waals surface area contributed by atoms with Crippen LogP contribution in [0.1, 0.15) is 24.1 Å². The first-order valence-electron chi connectivity index (χ1n) is 9.80. The number of anilines is 1. The first kappa shape index (κ1) is 22.1. The number of rotatable bonds is 4. The summed E-state index contributed by atoms with van der Waals surface area (Å²) in [6, 6.07) is 20.2. The zero-order valence-electron chi connectivity index (χ0n) is 17.0. The van der Waals surface area contributed by atoms with Crippen LogP contribution in [-0.4, -0.2) is 21.5 Å². The molecule has 0 spiro atoms. The minimum atomic E-state index is -0.564. The SMILES string of the molecule is CC(c1ccccc1)n1cccc(C=C2C(=O)NC(=S)N(c3ccc(Cl)cc3)C2=O)c1=S. The highest BCUT2D eigenvalue weighted by Crippen LogP contribution is 2.25. The first-order chi connectivity index (χ1) is 15.4. The number of thiocarbonyl (C=S) groups is 1. The van der Waals surface area contributed by atoms with Crippen molar-refractivity contribution in [1.29, 1.82) is 0 Å². The maximum absolute atomic E-state index is 13.2. The van der Waals surface area contributed by atoms with Gasteiger partial charge in [0.1, 0.15) is 10.2 Å². The van der Waals surface area contributed by atoms with Gasteiger partial charge in [-0.3, -0.25) is 19.8 Å². The van der Waals surface area contributed by atoms with Crippen LogP contribution < -0.4 is 10.2 Å². The Labute approximate surface area is 200 Å². The average Bonchev–Trinajstić information content (AvgIpc) is 2.79. The predicted molar refractivity (Wildman–Crippen MR) is 133 cm³/mol. The molecular weight excluding hydrogens is 462 g/mol. The van der Waals surface area contributed by atoms with Crippen LogP contribution in [0.3, 0.4) is 0 Å². The summed E-state index contributed by atoms with van der Waals surface area (Å²) in [5.74, 6) is -1.09. The fourth-order valence-corrected chi connectivity index (χ4v) is 4.23. The third-order valence-electron chi connectivity index (χ3n) is 5.19. The van der Waals surface area contributed by atoms with Crippen LogP contribution in [0, 0.1) is 4.64 Å². The van der Waals surface area contributed by atoms with Gasteiger partial charge in [-0.1, -0.05) is 60.2 Å². The van der Waals surface area contributed by atoms with Crippen LogP contribution in [0.25, 0.3) is 6.08 Å². The van der Waals surface area contributed by atoms with Crippen molar-refractivity contribution in [2.75, 3.05) is 4.90 Å². The van der Waals surface area contributed by atoms with E-state index in [-0.39, 0.29) is 16.7 Å². The van der Waals surface area contributed by atoms with E-state index in [2.05, 4.69) is 5.32 Å². The number of aromatic nitrogens is 1. The molecule has 8 heteroatoms. The third-order valence-corrected chi connectivity index (χ3v) is 6.17. The lowest BCUT2D eigenvalue weighted by Gasteiger charge is -2.29. The number of hydrogen-bond donors (Lipinski definition) is 1. The van der Waals surface area contributed by atoms with Gasteiger partial charge in [0.2, 0.25) is 0 Å². The van der Waals surface area contributed by atoms with E-state index in [1.54, 1.807) is 30.3 Å². The fraction of sp³-hybridized carbons (Fsp3) is 0.0833. The number of halogens is 1. The lowest BCUT2D eigenvalue weighted by molar-refractivity contribution is -0.122. The van der Waals surface area contributed by atoms with Crippen molar-refractivity contribution in [3.63, 3.8) is 0 Å². The van der Waals surface area contributed by atoms with Gasteiger partial charge in [-0.15, -0.1) is 0 Å². The highest BCUT2D eigenvalue weighted by Gasteiger charge is 2.34. The Hall–Kier alpha value is -3.13. The van der Waals surface area contributed by atoms with Crippen LogP contribution in [0.15, 0.2) is 78.5 Å². The first-order valence-corrected chi connectivity index (χ1v) is 11.0. The Kier molecular flexibility index (Phi) is 6.32. The number of hydrogen-bond acceptors (Lipinski definition) is 4. The highest BCUT2D eigenvalue weighted by atomic mass is 35.5. The molecule has 0 saturated carbocycles. The molecule has 2 heterocycles. The fourth-order valence-electron chi connectivity index (χ4n) is 3.47. The molecule has 3 aromatic rings. The summed E-state index contributed by atoms with van der Waals surface area (Å²) in [5, 5.41) is 3.12. The van der Waals surface area contributed by atoms with Gasteiger partial charge in [0.05, 0.1) is 11.7 Å². The van der Waals surface area contributed by atoms with Gasteiger partial charge in [-0.2, -0.15) is 0 Å². The molecule has 2 aromatic carbocycles. The van der Waals surface area contributed by atoms with E-state index in [1.807, 2.05) is 54.1 Å². The van der Waals surface area contributed by atoms with E-state index in [1.165, 1.54) is 11.0 Å². The molecule has 1 fully saturated rings. The van der Waals surface area contributed by atoms with Crippen LogP contribution in [0.5, 0.6) is 0 Å². The second-order valence-electron chi connectivity index (χ2n) is 7.20. The molecule has 1 unspecified atom stereocenters. The molecule has 4 rings (SSSR count). The Morgan fingerprint density at radius 3 is 2.34 bits per heavy atom. The second-order valence-corrected chi connectivity index (χ2v) is 8.41. The van der Waals surface area contributed by atoms with Gasteiger partial charge < -0.3 is 4.57 Å². The van der Waals surface area contributed by atoms with Crippen molar-refractivity contribution in [3.05, 3.63) is 99.3 Å². The quantitative estimate of drug-likeness (QED) is 0.313. The highest BCUT2D eigenvalue weighted by molar-refractivity contribution is 7.80. The summed E-state index contributed by atoms with van der Waals surface area (Å²) >= 11 is 16.9. The number of carbonyl (C=O) groups is 2. The summed E-state index contributed by atoms with van der Waals surface area (Å²) in [4.78, 5) is 27.1. The monoisotopic (exact) mass is 479 g/mol. The molecule has 1 aliphatic rings. The minimum absolute atomic E-state index is 0.0129. The molecular formula is C24H18ClN3O2S2. The molecule has 1 atom stereocenters. The number of carbonyl (C=O) groups excluding carboxylic acids is 2. The molecule has 32 heavy (non-hydrogen) atoms. The molecule has 0 bridgehead atoms. The summed E-state index contributed by atoms with van der Waals surface area (Å²) in [6.45, 7) is 2.04. The standard InChI is InChI=1S/C24H18ClN3O2S2/c1-15(16-6-3-2-4-7-16)27-13-5-8-17(23(27)31)14-20-21(29)26-24(32)28(22(20)30)19-11-9-18(25)10-12-19/h2-15H,1H3,(H,26,29,32). The summed E-state index contributed by atoms with van der Waals surface area (Å²) < 4.78 is 2.45. The van der Waals surface area contributed by atoms with E-state index in [0.717, 1.165) is 5.56 Å². The van der Waals surface area contributed by atoms with Crippen molar-refractivity contribution < 1.29 is 9.59 Å². The Morgan fingerprint density at radius 2 is 1.66 bits per heavy atom. The maximum atomic E-state index is 13.2. The summed E-state index contributed by atoms with van der Waals surface area (Å²) in [5.41, 5.74) is 2.14. The number of amides is 2. The van der Waals surface area contributed by atoms with Gasteiger partial charge in [0.15, 0.2) is 5.11 Å². The van der Waals surface area contributed by atoms with E-state index < -0.39 is 11.8 Å². The van der Waals surface area contributed by atoms with Crippen molar-refractivity contribution in [2.45, 2.75) is 13.0 Å². The summed E-state index contributed by atoms with van der Waals surface area (Å²) in [6.07, 6.45) is 3.40. The zero-order chi connectivity index (χ0) is 22.8. The van der Waals surface area contributed by atoms with Gasteiger partial charge in [0.25, 0.3) is 11.8 Å². The van der Waals surface area contributed by atoms with Crippen molar-refractivity contribution in [1.82, 2.24) is 9.88 Å². The zero-order valence-corrected chi connectivity index (χ0v) is 19.4. The van der Waals surface area contributed by atoms with E-state index in [4.69, 9.17) is 36.0 Å². The van der Waals surface area contributed by atoms with Crippen molar-refractivity contribution >= 4 is 64.7 Å². The van der Waals surface area contributed by atoms with E-state index in [9.17, 15) is 9.59 Å². The Balaban J connectivity index is 1.73. The minimum Gasteiger partial charge on any atom is -0.332 e. The van der Waals surface area contributed by atoms with Gasteiger partial charge in [0, 0.05) is 16.8 Å². The molecule has 0 aliphatic carbocycles. The van der Waals surface area contributed by atoms with Gasteiger partial charge in [-0.05, 0) is 61.1 Å². The molecule has 0 radical (unpaired) electrons. The molecule has 1 aliphatic heterocycles. The second kappa shape index (κ2) is 9.16. The lowest BCUT2D eigenvalue weighted by Crippen LogP contribution is -2.54. The van der Waals surface area contributed by atoms with Crippen LogP contribution in [-0.2, 0) is 9.59 Å². The molecule has 5 nitrogen and oxygen atoms in total. The molecule has 160 valence electrons. The van der Waals surface area contributed by atoms with Crippen molar-refractivity contribution in [3.8, 4) is 0 Å². The normalized spacial score (nSPS) is 16.2. The summed E-state index contributed by atoms with van der Waals surface area (Å²) in [7, 11) is 0. The number of benzene rings is 2. The van der Waals surface area contributed by atoms with Crippen molar-refractivity contribution in [2.24, 2.45) is 0 Å². The number of nitrogens with one attached hydrogen (secondary N) is 1. The van der Waals surface area contributed by atoms with E-state index >= 15 is 0 Å². The van der Waals surface area contributed by atoms with Gasteiger partial charge >= 0.3 is 0 Å². The number of nitrogens with zero attached hydrogens (tertiary/aromatic N) is 2. The average molecular weight is 480 g/mol. The van der Waals surface area contributed by atoms with E-state index in [0.29, 0.717) is 20.9 Å². The third kappa shape index (κ3) is 4.27.